The van der Waals surface area contributed by atoms with E-state index in [1.807, 2.05) is 12.1 Å². The van der Waals surface area contributed by atoms with Gasteiger partial charge in [-0.15, -0.1) is 0 Å². The van der Waals surface area contributed by atoms with Gasteiger partial charge in [0.25, 0.3) is 0 Å². The van der Waals surface area contributed by atoms with Crippen LogP contribution in [0.1, 0.15) is 25.3 Å². The van der Waals surface area contributed by atoms with E-state index in [0.29, 0.717) is 17.8 Å². The van der Waals surface area contributed by atoms with Crippen LogP contribution in [0.15, 0.2) is 24.3 Å². The van der Waals surface area contributed by atoms with Crippen molar-refractivity contribution in [1.82, 2.24) is 10.6 Å². The minimum Gasteiger partial charge on any atom is -0.508 e. The van der Waals surface area contributed by atoms with Gasteiger partial charge in [0.1, 0.15) is 5.75 Å². The average Bonchev–Trinajstić information content (AvgIpc) is 2.81. The topological polar surface area (TPSA) is 44.3 Å². The molecule has 0 aromatic heterocycles. The second-order valence-electron chi connectivity index (χ2n) is 4.96. The summed E-state index contributed by atoms with van der Waals surface area (Å²) < 4.78 is 0. The molecule has 94 valence electrons. The molecule has 2 rings (SSSR count). The Hall–Kier alpha value is -1.06. The lowest BCUT2D eigenvalue weighted by atomic mass is 10.1. The van der Waals surface area contributed by atoms with Crippen LogP contribution in [-0.4, -0.2) is 30.3 Å². The molecule has 3 heteroatoms. The monoisotopic (exact) mass is 234 g/mol. The Morgan fingerprint density at radius 1 is 1.41 bits per heavy atom. The minimum absolute atomic E-state index is 0.344. The second kappa shape index (κ2) is 6.03. The standard InChI is InChI=1S/C14H22N2O/c1-11(16-13-8-9-15-10-13)2-3-12-4-6-14(17)7-5-12/h4-7,11,13,15-17H,2-3,8-10H2,1H3. The summed E-state index contributed by atoms with van der Waals surface area (Å²) in [6.45, 7) is 4.49. The summed E-state index contributed by atoms with van der Waals surface area (Å²) in [4.78, 5) is 0. The molecule has 3 N–H and O–H groups in total. The summed E-state index contributed by atoms with van der Waals surface area (Å²) in [6.07, 6.45) is 3.44. The predicted molar refractivity (Wildman–Crippen MR) is 70.3 cm³/mol. The Labute approximate surface area is 103 Å². The highest BCUT2D eigenvalue weighted by molar-refractivity contribution is 5.25. The van der Waals surface area contributed by atoms with Crippen LogP contribution in [-0.2, 0) is 6.42 Å². The zero-order valence-corrected chi connectivity index (χ0v) is 10.4. The van der Waals surface area contributed by atoms with Gasteiger partial charge in [-0.1, -0.05) is 12.1 Å². The summed E-state index contributed by atoms with van der Waals surface area (Å²) >= 11 is 0. The Morgan fingerprint density at radius 3 is 2.82 bits per heavy atom. The van der Waals surface area contributed by atoms with E-state index < -0.39 is 0 Å². The smallest absolute Gasteiger partial charge is 0.115 e. The van der Waals surface area contributed by atoms with E-state index >= 15 is 0 Å². The van der Waals surface area contributed by atoms with Crippen molar-refractivity contribution < 1.29 is 5.11 Å². The van der Waals surface area contributed by atoms with E-state index in [-0.39, 0.29) is 0 Å². The van der Waals surface area contributed by atoms with E-state index in [4.69, 9.17) is 0 Å². The zero-order valence-electron chi connectivity index (χ0n) is 10.4. The van der Waals surface area contributed by atoms with Gasteiger partial charge in [-0.05, 0) is 50.4 Å². The molecule has 1 aliphatic heterocycles. The molecule has 1 aliphatic rings. The van der Waals surface area contributed by atoms with E-state index in [1.165, 1.54) is 12.0 Å². The van der Waals surface area contributed by atoms with Gasteiger partial charge in [0.15, 0.2) is 0 Å². The van der Waals surface area contributed by atoms with Crippen molar-refractivity contribution in [2.24, 2.45) is 0 Å². The lowest BCUT2D eigenvalue weighted by molar-refractivity contribution is 0.445. The Balaban J connectivity index is 1.71. The summed E-state index contributed by atoms with van der Waals surface area (Å²) in [6, 6.07) is 8.71. The lowest BCUT2D eigenvalue weighted by Gasteiger charge is -2.18. The van der Waals surface area contributed by atoms with Crippen molar-refractivity contribution in [3.8, 4) is 5.75 Å². The highest BCUT2D eigenvalue weighted by Gasteiger charge is 2.15. The lowest BCUT2D eigenvalue weighted by Crippen LogP contribution is -2.38. The molecule has 0 bridgehead atoms. The number of phenolic OH excluding ortho intramolecular Hbond substituents is 1. The van der Waals surface area contributed by atoms with Crippen molar-refractivity contribution >= 4 is 0 Å². The van der Waals surface area contributed by atoms with Gasteiger partial charge < -0.3 is 15.7 Å². The normalized spacial score (nSPS) is 21.6. The fourth-order valence-electron chi connectivity index (χ4n) is 2.33. The van der Waals surface area contributed by atoms with Crippen molar-refractivity contribution in [3.63, 3.8) is 0 Å². The number of rotatable bonds is 5. The SMILES string of the molecule is CC(CCc1ccc(O)cc1)NC1CCNC1. The largest absolute Gasteiger partial charge is 0.508 e. The van der Waals surface area contributed by atoms with E-state index in [1.54, 1.807) is 12.1 Å². The fourth-order valence-corrected chi connectivity index (χ4v) is 2.33. The van der Waals surface area contributed by atoms with Crippen LogP contribution in [0.4, 0.5) is 0 Å². The van der Waals surface area contributed by atoms with Crippen LogP contribution in [0.25, 0.3) is 0 Å². The molecular formula is C14H22N2O. The van der Waals surface area contributed by atoms with Crippen LogP contribution in [0, 0.1) is 0 Å². The minimum atomic E-state index is 0.344. The van der Waals surface area contributed by atoms with Gasteiger partial charge in [0, 0.05) is 18.6 Å². The average molecular weight is 234 g/mol. The first kappa shape index (κ1) is 12.4. The van der Waals surface area contributed by atoms with E-state index in [2.05, 4.69) is 17.6 Å². The highest BCUT2D eigenvalue weighted by atomic mass is 16.3. The molecule has 0 radical (unpaired) electrons. The molecule has 1 fully saturated rings. The number of hydrogen-bond donors (Lipinski definition) is 3. The highest BCUT2D eigenvalue weighted by Crippen LogP contribution is 2.12. The Bertz CT molecular complexity index is 331. The molecule has 1 heterocycles. The molecule has 2 atom stereocenters. The van der Waals surface area contributed by atoms with Crippen LogP contribution in [0.2, 0.25) is 0 Å². The zero-order chi connectivity index (χ0) is 12.1. The number of hydrogen-bond acceptors (Lipinski definition) is 3. The van der Waals surface area contributed by atoms with Gasteiger partial charge >= 0.3 is 0 Å². The van der Waals surface area contributed by atoms with E-state index in [9.17, 15) is 5.11 Å². The Kier molecular flexibility index (Phi) is 4.40. The summed E-state index contributed by atoms with van der Waals surface area (Å²) in [7, 11) is 0. The summed E-state index contributed by atoms with van der Waals surface area (Å²) in [5.74, 6) is 0.344. The molecule has 2 unspecified atom stereocenters. The molecule has 17 heavy (non-hydrogen) atoms. The summed E-state index contributed by atoms with van der Waals surface area (Å²) in [5, 5.41) is 16.2. The molecule has 0 saturated carbocycles. The molecular weight excluding hydrogens is 212 g/mol. The van der Waals surface area contributed by atoms with Gasteiger partial charge in [-0.25, -0.2) is 0 Å². The molecule has 1 saturated heterocycles. The van der Waals surface area contributed by atoms with Crippen molar-refractivity contribution in [3.05, 3.63) is 29.8 Å². The van der Waals surface area contributed by atoms with Crippen LogP contribution < -0.4 is 10.6 Å². The van der Waals surface area contributed by atoms with Crippen LogP contribution >= 0.6 is 0 Å². The van der Waals surface area contributed by atoms with Gasteiger partial charge in [0.05, 0.1) is 0 Å². The van der Waals surface area contributed by atoms with E-state index in [0.717, 1.165) is 25.9 Å². The first-order chi connectivity index (χ1) is 8.24. The fraction of sp³-hybridized carbons (Fsp3) is 0.571. The molecule has 1 aromatic carbocycles. The quantitative estimate of drug-likeness (QED) is 0.726. The predicted octanol–water partition coefficient (Wildman–Crippen LogP) is 1.66. The Morgan fingerprint density at radius 2 is 2.18 bits per heavy atom. The molecule has 3 nitrogen and oxygen atoms in total. The maximum Gasteiger partial charge on any atom is 0.115 e. The van der Waals surface area contributed by atoms with Crippen molar-refractivity contribution in [1.29, 1.82) is 0 Å². The maximum atomic E-state index is 9.20. The van der Waals surface area contributed by atoms with Crippen molar-refractivity contribution in [2.75, 3.05) is 13.1 Å². The van der Waals surface area contributed by atoms with Gasteiger partial charge in [0.2, 0.25) is 0 Å². The molecule has 0 amide bonds. The van der Waals surface area contributed by atoms with Crippen molar-refractivity contribution in [2.45, 2.75) is 38.3 Å². The molecule has 1 aromatic rings. The number of aryl methyl sites for hydroxylation is 1. The van der Waals surface area contributed by atoms with Crippen LogP contribution in [0.3, 0.4) is 0 Å². The third-order valence-electron chi connectivity index (χ3n) is 3.38. The molecule has 0 aliphatic carbocycles. The third-order valence-corrected chi connectivity index (χ3v) is 3.38. The first-order valence-electron chi connectivity index (χ1n) is 6.49. The maximum absolute atomic E-state index is 9.20. The number of benzene rings is 1. The molecule has 0 spiro atoms. The van der Waals surface area contributed by atoms with Crippen LogP contribution in [0.5, 0.6) is 5.75 Å². The second-order valence-corrected chi connectivity index (χ2v) is 4.96. The van der Waals surface area contributed by atoms with Gasteiger partial charge in [-0.2, -0.15) is 0 Å². The summed E-state index contributed by atoms with van der Waals surface area (Å²) in [5.41, 5.74) is 1.29. The van der Waals surface area contributed by atoms with Gasteiger partial charge in [-0.3, -0.25) is 0 Å². The first-order valence-corrected chi connectivity index (χ1v) is 6.49. The number of aromatic hydroxyl groups is 1. The number of nitrogens with one attached hydrogen (secondary N) is 2. The number of phenols is 1. The third kappa shape index (κ3) is 4.02.